The van der Waals surface area contributed by atoms with Crippen LogP contribution in [-0.4, -0.2) is 34.4 Å². The fourth-order valence-corrected chi connectivity index (χ4v) is 4.46. The molecular weight excluding hydrogens is 424 g/mol. The maximum absolute atomic E-state index is 13.5. The van der Waals surface area contributed by atoms with Crippen molar-refractivity contribution >= 4 is 40.0 Å². The summed E-state index contributed by atoms with van der Waals surface area (Å²) in [6, 6.07) is 15.2. The van der Waals surface area contributed by atoms with Crippen molar-refractivity contribution in [3.63, 3.8) is 0 Å². The summed E-state index contributed by atoms with van der Waals surface area (Å²) in [4.78, 5) is 31.6. The van der Waals surface area contributed by atoms with E-state index < -0.39 is 11.4 Å². The van der Waals surface area contributed by atoms with Crippen molar-refractivity contribution in [2.45, 2.75) is 45.1 Å². The third kappa shape index (κ3) is 4.05. The van der Waals surface area contributed by atoms with E-state index in [2.05, 4.69) is 18.8 Å². The average Bonchev–Trinajstić information content (AvgIpc) is 3.10. The first-order chi connectivity index (χ1) is 15.2. The SMILES string of the molecule is CC(C)OC(=O)C1=CN(C(=O)c2ccc(CCl)cc2)CC(C)(C)c2c1[nH]c1ccccc21. The highest BCUT2D eigenvalue weighted by atomic mass is 35.5. The van der Waals surface area contributed by atoms with E-state index in [1.807, 2.05) is 50.2 Å². The molecule has 1 aliphatic heterocycles. The number of fused-ring (bicyclic) bond motifs is 3. The minimum atomic E-state index is -0.458. The second-order valence-electron chi connectivity index (χ2n) is 9.06. The topological polar surface area (TPSA) is 62.4 Å². The summed E-state index contributed by atoms with van der Waals surface area (Å²) in [5.74, 6) is -0.248. The molecule has 1 N–H and O–H groups in total. The molecule has 6 heteroatoms. The lowest BCUT2D eigenvalue weighted by Crippen LogP contribution is -2.37. The first-order valence-corrected chi connectivity index (χ1v) is 11.2. The number of carbonyl (C=O) groups excluding carboxylic acids is 2. The van der Waals surface area contributed by atoms with Crippen molar-refractivity contribution in [2.75, 3.05) is 6.54 Å². The summed E-state index contributed by atoms with van der Waals surface area (Å²) < 4.78 is 5.55. The normalized spacial score (nSPS) is 15.3. The lowest BCUT2D eigenvalue weighted by molar-refractivity contribution is -0.140. The number of nitrogens with zero attached hydrogens (tertiary/aromatic N) is 1. The third-order valence-corrected chi connectivity index (χ3v) is 5.99. The predicted molar refractivity (Wildman–Crippen MR) is 128 cm³/mol. The molecule has 32 heavy (non-hydrogen) atoms. The molecule has 2 heterocycles. The Hall–Kier alpha value is -3.05. The van der Waals surface area contributed by atoms with Crippen LogP contribution in [0.4, 0.5) is 0 Å². The number of esters is 1. The largest absolute Gasteiger partial charge is 0.459 e. The summed E-state index contributed by atoms with van der Waals surface area (Å²) in [5, 5.41) is 1.04. The highest BCUT2D eigenvalue weighted by molar-refractivity contribution is 6.18. The van der Waals surface area contributed by atoms with E-state index in [4.69, 9.17) is 16.3 Å². The molecule has 1 amide bonds. The van der Waals surface area contributed by atoms with E-state index in [1.54, 1.807) is 23.2 Å². The number of amides is 1. The first kappa shape index (κ1) is 22.2. The van der Waals surface area contributed by atoms with Gasteiger partial charge >= 0.3 is 5.97 Å². The maximum Gasteiger partial charge on any atom is 0.342 e. The number of halogens is 1. The van der Waals surface area contributed by atoms with Crippen molar-refractivity contribution < 1.29 is 14.3 Å². The highest BCUT2D eigenvalue weighted by Gasteiger charge is 2.37. The summed E-state index contributed by atoms with van der Waals surface area (Å²) in [7, 11) is 0. The van der Waals surface area contributed by atoms with E-state index in [9.17, 15) is 9.59 Å². The van der Waals surface area contributed by atoms with Crippen LogP contribution in [0, 0.1) is 0 Å². The molecule has 0 saturated heterocycles. The van der Waals surface area contributed by atoms with E-state index in [0.717, 1.165) is 22.0 Å². The van der Waals surface area contributed by atoms with Crippen LogP contribution in [0.15, 0.2) is 54.7 Å². The first-order valence-electron chi connectivity index (χ1n) is 10.7. The fraction of sp³-hybridized carbons (Fsp3) is 0.308. The van der Waals surface area contributed by atoms with Gasteiger partial charge in [0.2, 0.25) is 0 Å². The van der Waals surface area contributed by atoms with Crippen molar-refractivity contribution in [3.8, 4) is 0 Å². The molecule has 1 aromatic heterocycles. The van der Waals surface area contributed by atoms with E-state index >= 15 is 0 Å². The monoisotopic (exact) mass is 450 g/mol. The molecule has 1 aliphatic rings. The number of carbonyl (C=O) groups is 2. The molecule has 0 atom stereocenters. The Balaban J connectivity index is 1.86. The molecule has 3 aromatic rings. The number of ether oxygens (including phenoxy) is 1. The minimum Gasteiger partial charge on any atom is -0.459 e. The number of aromatic nitrogens is 1. The zero-order chi connectivity index (χ0) is 23.0. The number of aromatic amines is 1. The molecule has 5 nitrogen and oxygen atoms in total. The second kappa shape index (κ2) is 8.47. The fourth-order valence-electron chi connectivity index (χ4n) is 4.28. The van der Waals surface area contributed by atoms with Crippen molar-refractivity contribution in [2.24, 2.45) is 0 Å². The summed E-state index contributed by atoms with van der Waals surface area (Å²) in [6.45, 7) is 8.22. The van der Waals surface area contributed by atoms with Crippen LogP contribution < -0.4 is 0 Å². The summed E-state index contributed by atoms with van der Waals surface area (Å²) >= 11 is 5.89. The number of benzene rings is 2. The molecular formula is C26H27ClN2O3. The van der Waals surface area contributed by atoms with Gasteiger partial charge in [0.1, 0.15) is 0 Å². The van der Waals surface area contributed by atoms with Gasteiger partial charge < -0.3 is 14.6 Å². The Labute approximate surface area is 193 Å². The molecule has 0 bridgehead atoms. The molecule has 4 rings (SSSR count). The van der Waals surface area contributed by atoms with Crippen LogP contribution >= 0.6 is 11.6 Å². The Morgan fingerprint density at radius 1 is 1.12 bits per heavy atom. The van der Waals surface area contributed by atoms with E-state index in [-0.39, 0.29) is 12.0 Å². The van der Waals surface area contributed by atoms with Gasteiger partial charge in [0.25, 0.3) is 5.91 Å². The zero-order valence-electron chi connectivity index (χ0n) is 18.7. The van der Waals surface area contributed by atoms with Crippen molar-refractivity contribution in [1.29, 1.82) is 0 Å². The molecule has 0 unspecified atom stereocenters. The van der Waals surface area contributed by atoms with Gasteiger partial charge in [-0.15, -0.1) is 11.6 Å². The number of hydrogen-bond acceptors (Lipinski definition) is 3. The van der Waals surface area contributed by atoms with Crippen LogP contribution in [0.5, 0.6) is 0 Å². The zero-order valence-corrected chi connectivity index (χ0v) is 19.5. The van der Waals surface area contributed by atoms with Gasteiger partial charge in [-0.25, -0.2) is 4.79 Å². The molecule has 0 fully saturated rings. The summed E-state index contributed by atoms with van der Waals surface area (Å²) in [5.41, 5.74) is 4.07. The number of H-pyrrole nitrogens is 1. The quantitative estimate of drug-likeness (QED) is 0.413. The Morgan fingerprint density at radius 3 is 2.47 bits per heavy atom. The van der Waals surface area contributed by atoms with E-state index in [0.29, 0.717) is 29.3 Å². The van der Waals surface area contributed by atoms with Crippen LogP contribution in [0.25, 0.3) is 16.5 Å². The van der Waals surface area contributed by atoms with Gasteiger partial charge in [-0.3, -0.25) is 4.79 Å². The smallest absolute Gasteiger partial charge is 0.342 e. The van der Waals surface area contributed by atoms with Crippen LogP contribution in [0.1, 0.15) is 54.9 Å². The van der Waals surface area contributed by atoms with Crippen LogP contribution in [0.2, 0.25) is 0 Å². The van der Waals surface area contributed by atoms with Crippen LogP contribution in [0.3, 0.4) is 0 Å². The van der Waals surface area contributed by atoms with Gasteiger partial charge in [-0.05, 0) is 43.2 Å². The third-order valence-electron chi connectivity index (χ3n) is 5.68. The number of para-hydroxylation sites is 1. The number of rotatable bonds is 4. The van der Waals surface area contributed by atoms with Gasteiger partial charge in [0.05, 0.1) is 17.4 Å². The molecule has 0 radical (unpaired) electrons. The molecule has 0 spiro atoms. The average molecular weight is 451 g/mol. The summed E-state index contributed by atoms with van der Waals surface area (Å²) in [6.07, 6.45) is 1.35. The molecule has 166 valence electrons. The predicted octanol–water partition coefficient (Wildman–Crippen LogP) is 5.63. The van der Waals surface area contributed by atoms with Gasteiger partial charge in [0, 0.05) is 40.5 Å². The lowest BCUT2D eigenvalue weighted by atomic mass is 9.81. The second-order valence-corrected chi connectivity index (χ2v) is 9.33. The van der Waals surface area contributed by atoms with Gasteiger partial charge in [-0.1, -0.05) is 44.2 Å². The number of hydrogen-bond donors (Lipinski definition) is 1. The Kier molecular flexibility index (Phi) is 5.87. The Morgan fingerprint density at radius 2 is 1.81 bits per heavy atom. The van der Waals surface area contributed by atoms with E-state index in [1.165, 1.54) is 0 Å². The number of nitrogens with one attached hydrogen (secondary N) is 1. The molecule has 2 aromatic carbocycles. The highest BCUT2D eigenvalue weighted by Crippen LogP contribution is 2.40. The number of alkyl halides is 1. The lowest BCUT2D eigenvalue weighted by Gasteiger charge is -2.29. The Bertz CT molecular complexity index is 1210. The standard InChI is InChI=1S/C26H27ClN2O3/c1-16(2)32-25(31)20-14-29(24(30)18-11-9-17(13-27)10-12-18)15-26(3,4)22-19-7-5-6-8-21(19)28-23(20)22/h5-12,14,16,28H,13,15H2,1-4H3. The maximum atomic E-state index is 13.5. The minimum absolute atomic E-state index is 0.177. The molecule has 0 saturated carbocycles. The van der Waals surface area contributed by atoms with Crippen molar-refractivity contribution in [3.05, 3.63) is 77.1 Å². The van der Waals surface area contributed by atoms with Gasteiger partial charge in [-0.2, -0.15) is 0 Å². The van der Waals surface area contributed by atoms with Crippen molar-refractivity contribution in [1.82, 2.24) is 9.88 Å². The molecule has 0 aliphatic carbocycles. The van der Waals surface area contributed by atoms with Crippen LogP contribution in [-0.2, 0) is 20.8 Å². The van der Waals surface area contributed by atoms with Gasteiger partial charge in [0.15, 0.2) is 0 Å².